The van der Waals surface area contributed by atoms with Gasteiger partial charge in [-0.15, -0.1) is 34.2 Å². The summed E-state index contributed by atoms with van der Waals surface area (Å²) in [6.07, 6.45) is 3.00. The minimum Gasteiger partial charge on any atom is -0.356 e. The summed E-state index contributed by atoms with van der Waals surface area (Å²) in [5.41, 5.74) is 1.12. The Balaban J connectivity index is 0.00000392. The molecule has 0 aliphatic carbocycles. The maximum atomic E-state index is 12.3. The van der Waals surface area contributed by atoms with E-state index in [0.717, 1.165) is 24.4 Å². The third-order valence-corrected chi connectivity index (χ3v) is 4.20. The van der Waals surface area contributed by atoms with Crippen molar-refractivity contribution in [2.75, 3.05) is 27.2 Å². The van der Waals surface area contributed by atoms with Gasteiger partial charge >= 0.3 is 0 Å². The second-order valence-electron chi connectivity index (χ2n) is 6.21. The molecule has 2 N–H and O–H groups in total. The molecule has 2 rings (SSSR count). The summed E-state index contributed by atoms with van der Waals surface area (Å²) in [5, 5.41) is 14.4. The van der Waals surface area contributed by atoms with E-state index in [2.05, 4.69) is 32.7 Å². The summed E-state index contributed by atoms with van der Waals surface area (Å²) >= 11 is 0. The van der Waals surface area contributed by atoms with E-state index in [1.54, 1.807) is 18.3 Å². The molecule has 1 aromatic carbocycles. The molecule has 8 nitrogen and oxygen atoms in total. The Hall–Kier alpha value is -2.17. The molecule has 9 heteroatoms. The minimum atomic E-state index is 0. The molecule has 2 aromatic rings. The Labute approximate surface area is 183 Å². The average molecular weight is 499 g/mol. The number of guanidine groups is 1. The quantitative estimate of drug-likeness (QED) is 0.312. The van der Waals surface area contributed by atoms with Crippen molar-refractivity contribution < 1.29 is 4.79 Å². The van der Waals surface area contributed by atoms with Gasteiger partial charge in [-0.25, -0.2) is 0 Å². The van der Waals surface area contributed by atoms with Crippen LogP contribution in [0.5, 0.6) is 0 Å². The number of hydrogen-bond acceptors (Lipinski definition) is 4. The molecule has 154 valence electrons. The lowest BCUT2D eigenvalue weighted by Gasteiger charge is -2.18. The van der Waals surface area contributed by atoms with Gasteiger partial charge in [-0.1, -0.05) is 37.3 Å². The SMILES string of the molecule is CCc1nncn1CCNC(=NC)NCCC(=O)N(C)Cc1ccccc1.I. The topological polar surface area (TPSA) is 87.4 Å². The number of carbonyl (C=O) groups is 1. The highest BCUT2D eigenvalue weighted by atomic mass is 127. The molecule has 1 aromatic heterocycles. The number of halogens is 1. The van der Waals surface area contributed by atoms with Crippen LogP contribution >= 0.6 is 24.0 Å². The molecule has 0 unspecified atom stereocenters. The first kappa shape index (κ1) is 23.9. The highest BCUT2D eigenvalue weighted by molar-refractivity contribution is 14.0. The molecule has 0 spiro atoms. The van der Waals surface area contributed by atoms with Gasteiger partial charge in [-0.05, 0) is 5.56 Å². The third-order valence-electron chi connectivity index (χ3n) is 4.20. The van der Waals surface area contributed by atoms with Crippen LogP contribution in [0, 0.1) is 0 Å². The number of aryl methyl sites for hydroxylation is 1. The van der Waals surface area contributed by atoms with E-state index in [1.807, 2.05) is 41.9 Å². The maximum absolute atomic E-state index is 12.3. The fourth-order valence-electron chi connectivity index (χ4n) is 2.68. The monoisotopic (exact) mass is 499 g/mol. The van der Waals surface area contributed by atoms with Crippen molar-refractivity contribution in [3.63, 3.8) is 0 Å². The predicted molar refractivity (Wildman–Crippen MR) is 122 cm³/mol. The highest BCUT2D eigenvalue weighted by Crippen LogP contribution is 2.03. The van der Waals surface area contributed by atoms with Crippen LogP contribution < -0.4 is 10.6 Å². The molecule has 0 radical (unpaired) electrons. The first-order valence-electron chi connectivity index (χ1n) is 9.23. The van der Waals surface area contributed by atoms with Gasteiger partial charge in [0.15, 0.2) is 5.96 Å². The Bertz CT molecular complexity index is 733. The van der Waals surface area contributed by atoms with Gasteiger partial charge in [0.1, 0.15) is 12.2 Å². The van der Waals surface area contributed by atoms with E-state index < -0.39 is 0 Å². The summed E-state index contributed by atoms with van der Waals surface area (Å²) in [4.78, 5) is 18.2. The lowest BCUT2D eigenvalue weighted by molar-refractivity contribution is -0.130. The molecule has 0 fully saturated rings. The Morgan fingerprint density at radius 1 is 1.21 bits per heavy atom. The molecule has 0 aliphatic rings. The molecule has 0 saturated carbocycles. The van der Waals surface area contributed by atoms with Crippen LogP contribution in [-0.4, -0.2) is 58.7 Å². The smallest absolute Gasteiger partial charge is 0.224 e. The number of nitrogens with zero attached hydrogens (tertiary/aromatic N) is 5. The zero-order valence-corrected chi connectivity index (χ0v) is 19.1. The minimum absolute atomic E-state index is 0. The number of amides is 1. The van der Waals surface area contributed by atoms with E-state index in [9.17, 15) is 4.79 Å². The lowest BCUT2D eigenvalue weighted by atomic mass is 10.2. The summed E-state index contributed by atoms with van der Waals surface area (Å²) in [6.45, 7) is 4.66. The molecule has 1 amide bonds. The van der Waals surface area contributed by atoms with Gasteiger partial charge < -0.3 is 20.1 Å². The average Bonchev–Trinajstić information content (AvgIpc) is 3.14. The lowest BCUT2D eigenvalue weighted by Crippen LogP contribution is -2.40. The van der Waals surface area contributed by atoms with Crippen molar-refractivity contribution in [1.29, 1.82) is 0 Å². The molecular formula is C19H30IN7O. The first-order valence-corrected chi connectivity index (χ1v) is 9.23. The van der Waals surface area contributed by atoms with Crippen LogP contribution in [0.15, 0.2) is 41.7 Å². The van der Waals surface area contributed by atoms with Gasteiger partial charge in [0.05, 0.1) is 0 Å². The van der Waals surface area contributed by atoms with Crippen LogP contribution in [-0.2, 0) is 24.3 Å². The van der Waals surface area contributed by atoms with E-state index in [0.29, 0.717) is 32.0 Å². The fourth-order valence-corrected chi connectivity index (χ4v) is 2.68. The number of aromatic nitrogens is 3. The number of rotatable bonds is 9. The van der Waals surface area contributed by atoms with Crippen molar-refractivity contribution in [3.05, 3.63) is 48.0 Å². The summed E-state index contributed by atoms with van der Waals surface area (Å²) < 4.78 is 2.02. The Kier molecular flexibility index (Phi) is 11.2. The van der Waals surface area contributed by atoms with Gasteiger partial charge in [0.25, 0.3) is 0 Å². The molecule has 28 heavy (non-hydrogen) atoms. The zero-order valence-electron chi connectivity index (χ0n) is 16.8. The van der Waals surface area contributed by atoms with Crippen molar-refractivity contribution in [2.24, 2.45) is 4.99 Å². The zero-order chi connectivity index (χ0) is 19.5. The standard InChI is InChI=1S/C19H29N7O.HI/c1-4-17-24-23-15-26(17)13-12-22-19(20-2)21-11-10-18(27)25(3)14-16-8-6-5-7-9-16;/h5-9,15H,4,10-14H2,1-3H3,(H2,20,21,22);1H. The van der Waals surface area contributed by atoms with Crippen LogP contribution in [0.2, 0.25) is 0 Å². The predicted octanol–water partition coefficient (Wildman–Crippen LogP) is 1.67. The molecule has 0 saturated heterocycles. The van der Waals surface area contributed by atoms with Crippen molar-refractivity contribution >= 4 is 35.8 Å². The first-order chi connectivity index (χ1) is 13.1. The number of aliphatic imine (C=N–C) groups is 1. The van der Waals surface area contributed by atoms with Gasteiger partial charge in [-0.2, -0.15) is 0 Å². The molecular weight excluding hydrogens is 469 g/mol. The van der Waals surface area contributed by atoms with E-state index >= 15 is 0 Å². The second-order valence-corrected chi connectivity index (χ2v) is 6.21. The maximum Gasteiger partial charge on any atom is 0.224 e. The van der Waals surface area contributed by atoms with Gasteiger partial charge in [0.2, 0.25) is 5.91 Å². The summed E-state index contributed by atoms with van der Waals surface area (Å²) in [7, 11) is 3.54. The van der Waals surface area contributed by atoms with Gasteiger partial charge in [0, 0.05) is 53.1 Å². The normalized spacial score (nSPS) is 10.9. The number of nitrogens with one attached hydrogen (secondary N) is 2. The van der Waals surface area contributed by atoms with Crippen molar-refractivity contribution in [3.8, 4) is 0 Å². The molecule has 0 bridgehead atoms. The molecule has 0 atom stereocenters. The van der Waals surface area contributed by atoms with Crippen LogP contribution in [0.3, 0.4) is 0 Å². The van der Waals surface area contributed by atoms with Gasteiger partial charge in [-0.3, -0.25) is 9.79 Å². The van der Waals surface area contributed by atoms with E-state index in [4.69, 9.17) is 0 Å². The number of hydrogen-bond donors (Lipinski definition) is 2. The molecule has 0 aliphatic heterocycles. The number of benzene rings is 1. The van der Waals surface area contributed by atoms with Crippen LogP contribution in [0.25, 0.3) is 0 Å². The Morgan fingerprint density at radius 3 is 2.61 bits per heavy atom. The summed E-state index contributed by atoms with van der Waals surface area (Å²) in [5.74, 6) is 1.74. The van der Waals surface area contributed by atoms with Crippen LogP contribution in [0.4, 0.5) is 0 Å². The second kappa shape index (κ2) is 13.1. The fraction of sp³-hybridized carbons (Fsp3) is 0.474. The van der Waals surface area contributed by atoms with E-state index in [1.165, 1.54) is 0 Å². The number of carbonyl (C=O) groups excluding carboxylic acids is 1. The van der Waals surface area contributed by atoms with Crippen molar-refractivity contribution in [2.45, 2.75) is 32.9 Å². The van der Waals surface area contributed by atoms with Crippen LogP contribution in [0.1, 0.15) is 24.7 Å². The van der Waals surface area contributed by atoms with E-state index in [-0.39, 0.29) is 29.9 Å². The molecule has 1 heterocycles. The largest absolute Gasteiger partial charge is 0.356 e. The third kappa shape index (κ3) is 7.83. The Morgan fingerprint density at radius 2 is 1.93 bits per heavy atom. The highest BCUT2D eigenvalue weighted by Gasteiger charge is 2.09. The summed E-state index contributed by atoms with van der Waals surface area (Å²) in [6, 6.07) is 9.98. The van der Waals surface area contributed by atoms with Crippen molar-refractivity contribution in [1.82, 2.24) is 30.3 Å².